The summed E-state index contributed by atoms with van der Waals surface area (Å²) in [6.45, 7) is 1.03. The molecule has 0 bridgehead atoms. The van der Waals surface area contributed by atoms with E-state index < -0.39 is 0 Å². The number of rotatable bonds is 1. The Labute approximate surface area is 83.4 Å². The summed E-state index contributed by atoms with van der Waals surface area (Å²) in [6.07, 6.45) is 4.34. The molecule has 0 aromatic heterocycles. The molecule has 2 rings (SSSR count). The molecule has 1 heterocycles. The van der Waals surface area contributed by atoms with E-state index >= 15 is 0 Å². The standard InChI is InChI=1S/C11H13NS/c1-12-7-9-5-3-4-6-10(9)11(8-12)13-2/h3-6,8H,7H2,1-2H3. The van der Waals surface area contributed by atoms with Gasteiger partial charge in [-0.25, -0.2) is 0 Å². The van der Waals surface area contributed by atoms with Crippen LogP contribution >= 0.6 is 11.8 Å². The molecule has 68 valence electrons. The highest BCUT2D eigenvalue weighted by atomic mass is 32.2. The van der Waals surface area contributed by atoms with Gasteiger partial charge in [-0.2, -0.15) is 0 Å². The van der Waals surface area contributed by atoms with Crippen molar-refractivity contribution in [1.29, 1.82) is 0 Å². The van der Waals surface area contributed by atoms with Crippen molar-refractivity contribution >= 4 is 16.7 Å². The first-order chi connectivity index (χ1) is 6.31. The largest absolute Gasteiger partial charge is 0.375 e. The molecule has 0 saturated carbocycles. The van der Waals surface area contributed by atoms with Crippen LogP contribution in [0.1, 0.15) is 11.1 Å². The molecule has 0 amide bonds. The smallest absolute Gasteiger partial charge is 0.0427 e. The van der Waals surface area contributed by atoms with Crippen molar-refractivity contribution in [2.75, 3.05) is 13.3 Å². The summed E-state index contributed by atoms with van der Waals surface area (Å²) < 4.78 is 0. The van der Waals surface area contributed by atoms with Crippen LogP contribution in [0.5, 0.6) is 0 Å². The van der Waals surface area contributed by atoms with Crippen molar-refractivity contribution in [2.24, 2.45) is 0 Å². The Bertz CT molecular complexity index is 344. The molecular weight excluding hydrogens is 178 g/mol. The van der Waals surface area contributed by atoms with Crippen LogP contribution in [0.3, 0.4) is 0 Å². The van der Waals surface area contributed by atoms with Gasteiger partial charge in [-0.05, 0) is 17.4 Å². The highest BCUT2D eigenvalue weighted by Gasteiger charge is 2.12. The maximum absolute atomic E-state index is 2.23. The maximum Gasteiger partial charge on any atom is 0.0427 e. The highest BCUT2D eigenvalue weighted by Crippen LogP contribution is 2.32. The Morgan fingerprint density at radius 3 is 2.85 bits per heavy atom. The van der Waals surface area contributed by atoms with E-state index in [1.165, 1.54) is 16.0 Å². The van der Waals surface area contributed by atoms with Crippen molar-refractivity contribution in [3.63, 3.8) is 0 Å². The molecule has 0 radical (unpaired) electrons. The number of fused-ring (bicyclic) bond motifs is 1. The van der Waals surface area contributed by atoms with Gasteiger partial charge in [0.05, 0.1) is 0 Å². The number of thioether (sulfide) groups is 1. The number of benzene rings is 1. The first-order valence-corrected chi connectivity index (χ1v) is 5.58. The van der Waals surface area contributed by atoms with Crippen molar-refractivity contribution in [2.45, 2.75) is 6.54 Å². The molecule has 0 saturated heterocycles. The van der Waals surface area contributed by atoms with Gasteiger partial charge in [0.25, 0.3) is 0 Å². The summed E-state index contributed by atoms with van der Waals surface area (Å²) in [7, 11) is 2.12. The number of nitrogens with zero attached hydrogens (tertiary/aromatic N) is 1. The lowest BCUT2D eigenvalue weighted by Crippen LogP contribution is -2.16. The zero-order valence-electron chi connectivity index (χ0n) is 7.95. The van der Waals surface area contributed by atoms with Crippen molar-refractivity contribution in [3.05, 3.63) is 41.6 Å². The summed E-state index contributed by atoms with van der Waals surface area (Å²) in [5.41, 5.74) is 2.82. The molecule has 0 unspecified atom stereocenters. The Kier molecular flexibility index (Phi) is 2.32. The predicted octanol–water partition coefficient (Wildman–Crippen LogP) is 2.79. The lowest BCUT2D eigenvalue weighted by Gasteiger charge is -2.24. The zero-order chi connectivity index (χ0) is 9.26. The fourth-order valence-electron chi connectivity index (χ4n) is 1.65. The average Bonchev–Trinajstić information content (AvgIpc) is 2.16. The molecule has 0 fully saturated rings. The minimum absolute atomic E-state index is 1.03. The predicted molar refractivity (Wildman–Crippen MR) is 59.4 cm³/mol. The second kappa shape index (κ2) is 3.46. The van der Waals surface area contributed by atoms with Crippen LogP contribution < -0.4 is 0 Å². The zero-order valence-corrected chi connectivity index (χ0v) is 8.77. The van der Waals surface area contributed by atoms with E-state index in [4.69, 9.17) is 0 Å². The van der Waals surface area contributed by atoms with Crippen LogP contribution in [0.25, 0.3) is 4.91 Å². The molecule has 1 aliphatic rings. The molecule has 13 heavy (non-hydrogen) atoms. The molecule has 1 aromatic carbocycles. The van der Waals surface area contributed by atoms with Crippen molar-refractivity contribution < 1.29 is 0 Å². The number of hydrogen-bond donors (Lipinski definition) is 0. The first-order valence-electron chi connectivity index (χ1n) is 4.35. The highest BCUT2D eigenvalue weighted by molar-refractivity contribution is 8.07. The summed E-state index contributed by atoms with van der Waals surface area (Å²) in [5, 5.41) is 0. The second-order valence-corrected chi connectivity index (χ2v) is 4.12. The van der Waals surface area contributed by atoms with Crippen LogP contribution in [-0.4, -0.2) is 18.2 Å². The SMILES string of the molecule is CSC1=CN(C)Cc2ccccc21. The monoisotopic (exact) mass is 191 g/mol. The van der Waals surface area contributed by atoms with Crippen molar-refractivity contribution in [1.82, 2.24) is 4.90 Å². The molecule has 0 aliphatic carbocycles. The molecule has 1 aromatic rings. The van der Waals surface area contributed by atoms with Crippen LogP contribution in [0.2, 0.25) is 0 Å². The number of hydrogen-bond acceptors (Lipinski definition) is 2. The van der Waals surface area contributed by atoms with Gasteiger partial charge in [0.15, 0.2) is 0 Å². The van der Waals surface area contributed by atoms with Crippen LogP contribution in [0.4, 0.5) is 0 Å². The molecule has 1 aliphatic heterocycles. The lowest BCUT2D eigenvalue weighted by molar-refractivity contribution is 0.447. The summed E-state index contributed by atoms with van der Waals surface area (Å²) in [5.74, 6) is 0. The third-order valence-corrected chi connectivity index (χ3v) is 3.03. The quantitative estimate of drug-likeness (QED) is 0.671. The minimum Gasteiger partial charge on any atom is -0.375 e. The third kappa shape index (κ3) is 1.59. The van der Waals surface area contributed by atoms with Gasteiger partial charge in [0.1, 0.15) is 0 Å². The summed E-state index contributed by atoms with van der Waals surface area (Å²) >= 11 is 1.81. The van der Waals surface area contributed by atoms with E-state index in [9.17, 15) is 0 Å². The van der Waals surface area contributed by atoms with Crippen LogP contribution in [-0.2, 0) is 6.54 Å². The molecule has 2 heteroatoms. The van der Waals surface area contributed by atoms with Gasteiger partial charge in [-0.3, -0.25) is 0 Å². The van der Waals surface area contributed by atoms with E-state index in [1.807, 2.05) is 11.8 Å². The minimum atomic E-state index is 1.03. The van der Waals surface area contributed by atoms with E-state index in [0.717, 1.165) is 6.54 Å². The van der Waals surface area contributed by atoms with Crippen molar-refractivity contribution in [3.8, 4) is 0 Å². The van der Waals surface area contributed by atoms with Crippen LogP contribution in [0, 0.1) is 0 Å². The van der Waals surface area contributed by atoms with E-state index in [2.05, 4.69) is 48.7 Å². The van der Waals surface area contributed by atoms with Gasteiger partial charge in [-0.1, -0.05) is 24.3 Å². The fraction of sp³-hybridized carbons (Fsp3) is 0.273. The van der Waals surface area contributed by atoms with Gasteiger partial charge in [0, 0.05) is 24.7 Å². The topological polar surface area (TPSA) is 3.24 Å². The molecule has 0 spiro atoms. The lowest BCUT2D eigenvalue weighted by atomic mass is 10.0. The Morgan fingerprint density at radius 2 is 2.08 bits per heavy atom. The van der Waals surface area contributed by atoms with E-state index in [0.29, 0.717) is 0 Å². The van der Waals surface area contributed by atoms with Gasteiger partial charge < -0.3 is 4.90 Å². The Balaban J connectivity index is 2.49. The van der Waals surface area contributed by atoms with E-state index in [1.54, 1.807) is 0 Å². The average molecular weight is 191 g/mol. The summed E-state index contributed by atoms with van der Waals surface area (Å²) in [6, 6.07) is 8.61. The fourth-order valence-corrected chi connectivity index (χ4v) is 2.35. The van der Waals surface area contributed by atoms with Gasteiger partial charge >= 0.3 is 0 Å². The molecular formula is C11H13NS. The summed E-state index contributed by atoms with van der Waals surface area (Å²) in [4.78, 5) is 3.60. The first kappa shape index (κ1) is 8.70. The third-order valence-electron chi connectivity index (χ3n) is 2.26. The molecule has 1 nitrogen and oxygen atoms in total. The van der Waals surface area contributed by atoms with Crippen LogP contribution in [0.15, 0.2) is 30.5 Å². The Morgan fingerprint density at radius 1 is 1.31 bits per heavy atom. The molecule has 0 N–H and O–H groups in total. The normalized spacial score (nSPS) is 15.2. The van der Waals surface area contributed by atoms with Gasteiger partial charge in [0.2, 0.25) is 0 Å². The second-order valence-electron chi connectivity index (χ2n) is 3.27. The van der Waals surface area contributed by atoms with Gasteiger partial charge in [-0.15, -0.1) is 11.8 Å². The van der Waals surface area contributed by atoms with E-state index in [-0.39, 0.29) is 0 Å². The Hall–Kier alpha value is -0.890. The molecule has 0 atom stereocenters. The maximum atomic E-state index is 2.23.